The van der Waals surface area contributed by atoms with Crippen LogP contribution < -0.4 is 5.32 Å². The van der Waals surface area contributed by atoms with Crippen LogP contribution in [0.1, 0.15) is 393 Å². The summed E-state index contributed by atoms with van der Waals surface area (Å²) in [7, 11) is 0. The van der Waals surface area contributed by atoms with E-state index in [2.05, 4.69) is 31.3 Å². The van der Waals surface area contributed by atoms with Crippen LogP contribution in [0, 0.1) is 0 Å². The lowest BCUT2D eigenvalue weighted by molar-refractivity contribution is -0.143. The van der Waals surface area contributed by atoms with E-state index in [1.807, 2.05) is 0 Å². The zero-order valence-corrected chi connectivity index (χ0v) is 51.1. The van der Waals surface area contributed by atoms with Gasteiger partial charge in [-0.15, -0.1) is 0 Å². The van der Waals surface area contributed by atoms with Crippen molar-refractivity contribution in [3.05, 3.63) is 12.2 Å². The number of hydrogen-bond donors (Lipinski definition) is 3. The van der Waals surface area contributed by atoms with Crippen LogP contribution in [0.2, 0.25) is 0 Å². The maximum absolute atomic E-state index is 12.5. The van der Waals surface area contributed by atoms with E-state index in [4.69, 9.17) is 4.74 Å². The van der Waals surface area contributed by atoms with Crippen molar-refractivity contribution >= 4 is 11.9 Å². The van der Waals surface area contributed by atoms with Gasteiger partial charge >= 0.3 is 5.97 Å². The summed E-state index contributed by atoms with van der Waals surface area (Å²) in [6.45, 7) is 4.97. The number of esters is 1. The fourth-order valence-corrected chi connectivity index (χ4v) is 11.1. The fraction of sp³-hybridized carbons (Fsp3) is 0.942. The number of nitrogens with one attached hydrogen (secondary N) is 1. The van der Waals surface area contributed by atoms with Gasteiger partial charge in [0.05, 0.1) is 25.4 Å². The highest BCUT2D eigenvalue weighted by Gasteiger charge is 2.20. The Bertz CT molecular complexity index is 1130. The summed E-state index contributed by atoms with van der Waals surface area (Å²) in [5.41, 5.74) is 0. The molecule has 0 aromatic heterocycles. The molecule has 75 heavy (non-hydrogen) atoms. The number of aliphatic hydroxyl groups is 2. The van der Waals surface area contributed by atoms with E-state index >= 15 is 0 Å². The summed E-state index contributed by atoms with van der Waals surface area (Å²) in [5.74, 6) is -0.0159. The molecule has 446 valence electrons. The average Bonchev–Trinajstić information content (AvgIpc) is 3.41. The van der Waals surface area contributed by atoms with Crippen LogP contribution in [0.4, 0.5) is 0 Å². The number of unbranched alkanes of at least 4 members (excludes halogenated alkanes) is 52. The van der Waals surface area contributed by atoms with E-state index in [0.717, 1.165) is 44.9 Å². The quantitative estimate of drug-likeness (QED) is 0.0320. The molecular formula is C69H135NO5. The maximum Gasteiger partial charge on any atom is 0.305 e. The van der Waals surface area contributed by atoms with Gasteiger partial charge in [0, 0.05) is 12.8 Å². The average molecular weight is 1060 g/mol. The first-order chi connectivity index (χ1) is 37.0. The number of carbonyl (C=O) groups excluding carboxylic acids is 2. The van der Waals surface area contributed by atoms with Crippen LogP contribution in [0.15, 0.2) is 12.2 Å². The Labute approximate surface area is 469 Å². The van der Waals surface area contributed by atoms with E-state index < -0.39 is 12.1 Å². The van der Waals surface area contributed by atoms with Gasteiger partial charge in [-0.1, -0.05) is 341 Å². The summed E-state index contributed by atoms with van der Waals surface area (Å²) < 4.78 is 5.48. The first-order valence-electron chi connectivity index (χ1n) is 34.4. The van der Waals surface area contributed by atoms with Crippen LogP contribution in [-0.4, -0.2) is 47.4 Å². The maximum atomic E-state index is 12.5. The molecule has 1 amide bonds. The molecule has 2 atom stereocenters. The summed E-state index contributed by atoms with van der Waals surface area (Å²) >= 11 is 0. The Hall–Kier alpha value is -1.40. The molecule has 6 nitrogen and oxygen atoms in total. The van der Waals surface area contributed by atoms with Crippen LogP contribution >= 0.6 is 0 Å². The highest BCUT2D eigenvalue weighted by molar-refractivity contribution is 5.76. The Kier molecular flexibility index (Phi) is 63.9. The fourth-order valence-electron chi connectivity index (χ4n) is 11.1. The summed E-state index contributed by atoms with van der Waals surface area (Å²) in [4.78, 5) is 24.5. The van der Waals surface area contributed by atoms with Gasteiger partial charge in [-0.3, -0.25) is 9.59 Å². The van der Waals surface area contributed by atoms with Crippen LogP contribution in [0.3, 0.4) is 0 Å². The number of ether oxygens (including phenoxy) is 1. The first-order valence-corrected chi connectivity index (χ1v) is 34.4. The number of hydrogen-bond acceptors (Lipinski definition) is 5. The minimum Gasteiger partial charge on any atom is -0.466 e. The standard InChI is InChI=1S/C69H135NO5/c1-3-5-7-9-11-13-15-17-38-41-45-49-53-57-61-67(72)66(65-71)70-68(73)62-58-54-50-46-42-39-35-33-31-29-27-25-23-21-19-18-20-22-24-26-28-30-32-34-36-40-44-48-52-56-60-64-75-69(74)63-59-55-51-47-43-37-16-14-12-10-8-6-4-2/h14,16,66-67,71-72H,3-13,15,17-65H2,1-2H3,(H,70,73)/b16-14-. The van der Waals surface area contributed by atoms with E-state index in [0.29, 0.717) is 25.9 Å². The predicted octanol–water partition coefficient (Wildman–Crippen LogP) is 22.0. The molecule has 0 aromatic rings. The minimum atomic E-state index is -0.660. The summed E-state index contributed by atoms with van der Waals surface area (Å²) in [6, 6.07) is -0.537. The number of carbonyl (C=O) groups is 2. The monoisotopic (exact) mass is 1060 g/mol. The third-order valence-corrected chi connectivity index (χ3v) is 16.3. The van der Waals surface area contributed by atoms with Crippen LogP contribution in [0.5, 0.6) is 0 Å². The first kappa shape index (κ1) is 73.6. The zero-order valence-electron chi connectivity index (χ0n) is 51.1. The lowest BCUT2D eigenvalue weighted by atomic mass is 10.0. The van der Waals surface area contributed by atoms with Gasteiger partial charge in [-0.2, -0.15) is 0 Å². The third-order valence-electron chi connectivity index (χ3n) is 16.3. The van der Waals surface area contributed by atoms with Gasteiger partial charge in [0.25, 0.3) is 0 Å². The predicted molar refractivity (Wildman–Crippen MR) is 329 cm³/mol. The van der Waals surface area contributed by atoms with Gasteiger partial charge < -0.3 is 20.3 Å². The van der Waals surface area contributed by atoms with E-state index in [-0.39, 0.29) is 18.5 Å². The van der Waals surface area contributed by atoms with Gasteiger partial charge in [0.1, 0.15) is 0 Å². The molecular weight excluding hydrogens is 923 g/mol. The molecule has 6 heteroatoms. The SMILES string of the molecule is CCCCCC/C=C\CCCCCCCC(=O)OCCCCCCCCCCCCCCCCCCCCCCCCCCCCCCCCCC(=O)NC(CO)C(O)CCCCCCCCCCCCCCCC. The second-order valence-corrected chi connectivity index (χ2v) is 23.9. The van der Waals surface area contributed by atoms with Crippen molar-refractivity contribution in [2.75, 3.05) is 13.2 Å². The lowest BCUT2D eigenvalue weighted by Gasteiger charge is -2.22. The molecule has 0 fully saturated rings. The van der Waals surface area contributed by atoms with Crippen molar-refractivity contribution in [2.24, 2.45) is 0 Å². The molecule has 0 heterocycles. The Morgan fingerprint density at radius 2 is 0.627 bits per heavy atom. The molecule has 0 saturated carbocycles. The second-order valence-electron chi connectivity index (χ2n) is 23.9. The molecule has 3 N–H and O–H groups in total. The Balaban J connectivity index is 3.31. The van der Waals surface area contributed by atoms with Crippen molar-refractivity contribution in [2.45, 2.75) is 405 Å². The molecule has 0 aliphatic heterocycles. The summed E-state index contributed by atoms with van der Waals surface area (Å²) in [6.07, 6.45) is 79.8. The van der Waals surface area contributed by atoms with Crippen molar-refractivity contribution < 1.29 is 24.5 Å². The zero-order chi connectivity index (χ0) is 54.3. The van der Waals surface area contributed by atoms with Crippen molar-refractivity contribution in [3.8, 4) is 0 Å². The van der Waals surface area contributed by atoms with Crippen molar-refractivity contribution in [1.29, 1.82) is 0 Å². The Morgan fingerprint density at radius 3 is 0.960 bits per heavy atom. The van der Waals surface area contributed by atoms with E-state index in [1.165, 1.54) is 315 Å². The molecule has 0 aromatic carbocycles. The van der Waals surface area contributed by atoms with Gasteiger partial charge in [0.15, 0.2) is 0 Å². The highest BCUT2D eigenvalue weighted by Crippen LogP contribution is 2.19. The molecule has 0 rings (SSSR count). The van der Waals surface area contributed by atoms with E-state index in [9.17, 15) is 19.8 Å². The largest absolute Gasteiger partial charge is 0.466 e. The molecule has 0 aliphatic carbocycles. The molecule has 2 unspecified atom stereocenters. The lowest BCUT2D eigenvalue weighted by Crippen LogP contribution is -2.45. The topological polar surface area (TPSA) is 95.9 Å². The van der Waals surface area contributed by atoms with Gasteiger partial charge in [-0.25, -0.2) is 0 Å². The molecule has 0 bridgehead atoms. The second kappa shape index (κ2) is 65.1. The molecule has 0 radical (unpaired) electrons. The number of amides is 1. The Morgan fingerprint density at radius 1 is 0.360 bits per heavy atom. The number of rotatable bonds is 65. The van der Waals surface area contributed by atoms with Crippen molar-refractivity contribution in [3.63, 3.8) is 0 Å². The van der Waals surface area contributed by atoms with Crippen molar-refractivity contribution in [1.82, 2.24) is 5.32 Å². The van der Waals surface area contributed by atoms with Gasteiger partial charge in [0.2, 0.25) is 5.91 Å². The third kappa shape index (κ3) is 61.7. The smallest absolute Gasteiger partial charge is 0.305 e. The normalized spacial score (nSPS) is 12.5. The molecule has 0 spiro atoms. The minimum absolute atomic E-state index is 0.0121. The van der Waals surface area contributed by atoms with Crippen LogP contribution in [0.25, 0.3) is 0 Å². The highest BCUT2D eigenvalue weighted by atomic mass is 16.5. The molecule has 0 aliphatic rings. The molecule has 0 saturated heterocycles. The van der Waals surface area contributed by atoms with Crippen LogP contribution in [-0.2, 0) is 14.3 Å². The number of aliphatic hydroxyl groups excluding tert-OH is 2. The number of allylic oxidation sites excluding steroid dienone is 2. The summed E-state index contributed by atoms with van der Waals surface area (Å²) in [5, 5.41) is 23.3. The van der Waals surface area contributed by atoms with Gasteiger partial charge in [-0.05, 0) is 51.4 Å². The van der Waals surface area contributed by atoms with E-state index in [1.54, 1.807) is 0 Å².